The number of nitrogens with one attached hydrogen (secondary N) is 1. The van der Waals surface area contributed by atoms with E-state index >= 15 is 0 Å². The first-order chi connectivity index (χ1) is 16.0. The number of anilines is 2. The van der Waals surface area contributed by atoms with Crippen LogP contribution in [0.4, 0.5) is 15.8 Å². The van der Waals surface area contributed by atoms with E-state index in [2.05, 4.69) is 27.2 Å². The Morgan fingerprint density at radius 3 is 2.39 bits per heavy atom. The SMILES string of the molecule is CCOC(=O)c1sc(-c2ccc(F)cc2)cc1NC(=O)CN1CCN(c2ccccc2)CC1. The molecule has 2 heterocycles. The van der Waals surface area contributed by atoms with Crippen LogP contribution in [0.3, 0.4) is 0 Å². The number of hydrogen-bond acceptors (Lipinski definition) is 6. The highest BCUT2D eigenvalue weighted by atomic mass is 32.1. The number of amides is 1. The van der Waals surface area contributed by atoms with Gasteiger partial charge in [-0.3, -0.25) is 9.69 Å². The number of ether oxygens (including phenoxy) is 1. The molecule has 1 aliphatic rings. The molecule has 6 nitrogen and oxygen atoms in total. The molecule has 0 aliphatic carbocycles. The molecule has 1 saturated heterocycles. The average Bonchev–Trinajstić information content (AvgIpc) is 3.24. The Labute approximate surface area is 196 Å². The number of esters is 1. The van der Waals surface area contributed by atoms with Crippen LogP contribution in [-0.2, 0) is 9.53 Å². The second-order valence-electron chi connectivity index (χ2n) is 7.73. The van der Waals surface area contributed by atoms with Crippen LogP contribution in [0.2, 0.25) is 0 Å². The van der Waals surface area contributed by atoms with Crippen LogP contribution in [0.1, 0.15) is 16.6 Å². The van der Waals surface area contributed by atoms with Crippen LogP contribution in [0.25, 0.3) is 10.4 Å². The van der Waals surface area contributed by atoms with E-state index in [1.54, 1.807) is 25.1 Å². The van der Waals surface area contributed by atoms with Gasteiger partial charge in [-0.15, -0.1) is 11.3 Å². The molecule has 4 rings (SSSR count). The Balaban J connectivity index is 1.41. The molecule has 1 amide bonds. The summed E-state index contributed by atoms with van der Waals surface area (Å²) in [6.45, 7) is 5.46. The number of piperazine rings is 1. The van der Waals surface area contributed by atoms with Crippen molar-refractivity contribution in [2.24, 2.45) is 0 Å². The van der Waals surface area contributed by atoms with E-state index in [0.717, 1.165) is 36.6 Å². The number of rotatable bonds is 7. The lowest BCUT2D eigenvalue weighted by molar-refractivity contribution is -0.117. The smallest absolute Gasteiger partial charge is 0.350 e. The molecule has 0 bridgehead atoms. The summed E-state index contributed by atoms with van der Waals surface area (Å²) in [6, 6.07) is 18.0. The lowest BCUT2D eigenvalue weighted by Crippen LogP contribution is -2.48. The van der Waals surface area contributed by atoms with Crippen LogP contribution in [-0.4, -0.2) is 56.1 Å². The van der Waals surface area contributed by atoms with Crippen molar-refractivity contribution in [1.82, 2.24) is 4.90 Å². The highest BCUT2D eigenvalue weighted by molar-refractivity contribution is 7.18. The van der Waals surface area contributed by atoms with Crippen molar-refractivity contribution >= 4 is 34.6 Å². The van der Waals surface area contributed by atoms with Gasteiger partial charge in [-0.05, 0) is 42.8 Å². The largest absolute Gasteiger partial charge is 0.462 e. The Morgan fingerprint density at radius 2 is 1.73 bits per heavy atom. The summed E-state index contributed by atoms with van der Waals surface area (Å²) in [5.74, 6) is -0.999. The van der Waals surface area contributed by atoms with Crippen molar-refractivity contribution in [2.75, 3.05) is 49.5 Å². The van der Waals surface area contributed by atoms with Crippen molar-refractivity contribution in [3.8, 4) is 10.4 Å². The van der Waals surface area contributed by atoms with E-state index in [0.29, 0.717) is 10.6 Å². The predicted octanol–water partition coefficient (Wildman–Crippen LogP) is 4.49. The molecule has 1 fully saturated rings. The van der Waals surface area contributed by atoms with Crippen molar-refractivity contribution in [3.05, 3.63) is 71.4 Å². The normalized spacial score (nSPS) is 14.2. The minimum absolute atomic E-state index is 0.183. The Morgan fingerprint density at radius 1 is 1.03 bits per heavy atom. The summed E-state index contributed by atoms with van der Waals surface area (Å²) in [4.78, 5) is 30.8. The summed E-state index contributed by atoms with van der Waals surface area (Å²) in [7, 11) is 0. The van der Waals surface area contributed by atoms with Gasteiger partial charge >= 0.3 is 5.97 Å². The third-order valence-electron chi connectivity index (χ3n) is 5.46. The second kappa shape index (κ2) is 10.6. The van der Waals surface area contributed by atoms with Gasteiger partial charge in [0.05, 0.1) is 18.8 Å². The summed E-state index contributed by atoms with van der Waals surface area (Å²) < 4.78 is 18.5. The van der Waals surface area contributed by atoms with Crippen molar-refractivity contribution in [2.45, 2.75) is 6.92 Å². The topological polar surface area (TPSA) is 61.9 Å². The van der Waals surface area contributed by atoms with E-state index in [1.165, 1.54) is 29.2 Å². The Kier molecular flexibility index (Phi) is 7.36. The van der Waals surface area contributed by atoms with Gasteiger partial charge in [0.2, 0.25) is 5.91 Å². The number of benzene rings is 2. The fourth-order valence-electron chi connectivity index (χ4n) is 3.78. The zero-order chi connectivity index (χ0) is 23.2. The molecule has 1 aromatic heterocycles. The quantitative estimate of drug-likeness (QED) is 0.519. The van der Waals surface area contributed by atoms with E-state index in [4.69, 9.17) is 4.74 Å². The Hall–Kier alpha value is -3.23. The van der Waals surface area contributed by atoms with Gasteiger partial charge in [0.1, 0.15) is 10.7 Å². The van der Waals surface area contributed by atoms with Crippen molar-refractivity contribution in [3.63, 3.8) is 0 Å². The van der Waals surface area contributed by atoms with Gasteiger partial charge in [-0.2, -0.15) is 0 Å². The molecule has 0 radical (unpaired) electrons. The number of thiophene rings is 1. The predicted molar refractivity (Wildman–Crippen MR) is 129 cm³/mol. The van der Waals surface area contributed by atoms with E-state index in [1.807, 2.05) is 18.2 Å². The minimum Gasteiger partial charge on any atom is -0.462 e. The van der Waals surface area contributed by atoms with Crippen LogP contribution in [0.5, 0.6) is 0 Å². The summed E-state index contributed by atoms with van der Waals surface area (Å²) >= 11 is 1.22. The highest BCUT2D eigenvalue weighted by Gasteiger charge is 2.23. The third-order valence-corrected chi connectivity index (χ3v) is 6.62. The van der Waals surface area contributed by atoms with Crippen molar-refractivity contribution in [1.29, 1.82) is 0 Å². The number of halogens is 1. The van der Waals surface area contributed by atoms with Gasteiger partial charge in [0.15, 0.2) is 0 Å². The Bertz CT molecular complexity index is 1090. The van der Waals surface area contributed by atoms with Gasteiger partial charge in [-0.25, -0.2) is 9.18 Å². The molecular weight excluding hydrogens is 441 g/mol. The zero-order valence-corrected chi connectivity index (χ0v) is 19.2. The molecule has 0 saturated carbocycles. The maximum absolute atomic E-state index is 13.3. The first kappa shape index (κ1) is 22.9. The van der Waals surface area contributed by atoms with E-state index < -0.39 is 5.97 Å². The van der Waals surface area contributed by atoms with Crippen LogP contribution in [0.15, 0.2) is 60.7 Å². The number of carbonyl (C=O) groups is 2. The molecule has 8 heteroatoms. The molecule has 3 aromatic rings. The standard InChI is InChI=1S/C25H26FN3O3S/c1-2-32-25(31)24-21(16-22(33-24)18-8-10-19(26)11-9-18)27-23(30)17-28-12-14-29(15-13-28)20-6-4-3-5-7-20/h3-11,16H,2,12-15,17H2,1H3,(H,27,30). The molecule has 0 spiro atoms. The van der Waals surface area contributed by atoms with Crippen LogP contribution >= 0.6 is 11.3 Å². The van der Waals surface area contributed by atoms with E-state index in [9.17, 15) is 14.0 Å². The number of nitrogens with zero attached hydrogens (tertiary/aromatic N) is 2. The molecule has 1 aliphatic heterocycles. The second-order valence-corrected chi connectivity index (χ2v) is 8.78. The van der Waals surface area contributed by atoms with Crippen molar-refractivity contribution < 1.29 is 18.7 Å². The summed E-state index contributed by atoms with van der Waals surface area (Å²) in [5, 5.41) is 2.88. The van der Waals surface area contributed by atoms with Gasteiger partial charge < -0.3 is 15.0 Å². The maximum Gasteiger partial charge on any atom is 0.350 e. The van der Waals surface area contributed by atoms with Crippen LogP contribution in [0, 0.1) is 5.82 Å². The maximum atomic E-state index is 13.3. The van der Waals surface area contributed by atoms with Gasteiger partial charge in [-0.1, -0.05) is 30.3 Å². The molecule has 0 unspecified atom stereocenters. The molecule has 2 aromatic carbocycles. The first-order valence-electron chi connectivity index (χ1n) is 10.9. The van der Waals surface area contributed by atoms with Gasteiger partial charge in [0.25, 0.3) is 0 Å². The third kappa shape index (κ3) is 5.77. The molecular formula is C25H26FN3O3S. The fraction of sp³-hybridized carbons (Fsp3) is 0.280. The van der Waals surface area contributed by atoms with Gasteiger partial charge in [0, 0.05) is 36.7 Å². The highest BCUT2D eigenvalue weighted by Crippen LogP contribution is 2.35. The summed E-state index contributed by atoms with van der Waals surface area (Å²) in [6.07, 6.45) is 0. The first-order valence-corrected chi connectivity index (χ1v) is 11.7. The molecule has 33 heavy (non-hydrogen) atoms. The average molecular weight is 468 g/mol. The lowest BCUT2D eigenvalue weighted by atomic mass is 10.2. The monoisotopic (exact) mass is 467 g/mol. The zero-order valence-electron chi connectivity index (χ0n) is 18.4. The number of hydrogen-bond donors (Lipinski definition) is 1. The van der Waals surface area contributed by atoms with Crippen LogP contribution < -0.4 is 10.2 Å². The lowest BCUT2D eigenvalue weighted by Gasteiger charge is -2.35. The summed E-state index contributed by atoms with van der Waals surface area (Å²) in [5.41, 5.74) is 2.38. The molecule has 0 atom stereocenters. The molecule has 172 valence electrons. The molecule has 1 N–H and O–H groups in total. The van der Waals surface area contributed by atoms with E-state index in [-0.39, 0.29) is 24.9 Å². The number of carbonyl (C=O) groups excluding carboxylic acids is 2. The minimum atomic E-state index is -0.484. The fourth-order valence-corrected chi connectivity index (χ4v) is 4.80. The number of para-hydroxylation sites is 1.